The second-order valence-corrected chi connectivity index (χ2v) is 7.34. The Hall–Kier alpha value is -0.120. The van der Waals surface area contributed by atoms with Crippen molar-refractivity contribution < 1.29 is 15.3 Å². The van der Waals surface area contributed by atoms with Crippen molar-refractivity contribution in [1.82, 2.24) is 0 Å². The van der Waals surface area contributed by atoms with Crippen LogP contribution in [0.5, 0.6) is 0 Å². The van der Waals surface area contributed by atoms with Gasteiger partial charge in [0.25, 0.3) is 0 Å². The molecule has 104 valence electrons. The van der Waals surface area contributed by atoms with Gasteiger partial charge in [-0.3, -0.25) is 0 Å². The molecule has 0 aromatic carbocycles. The summed E-state index contributed by atoms with van der Waals surface area (Å²) in [5, 5.41) is 30.0. The van der Waals surface area contributed by atoms with Crippen LogP contribution in [0.4, 0.5) is 0 Å². The van der Waals surface area contributed by atoms with Gasteiger partial charge < -0.3 is 15.3 Å². The Kier molecular flexibility index (Phi) is 2.82. The molecule has 3 aliphatic carbocycles. The van der Waals surface area contributed by atoms with Crippen LogP contribution in [-0.4, -0.2) is 34.1 Å². The maximum absolute atomic E-state index is 10.7. The van der Waals surface area contributed by atoms with E-state index in [9.17, 15) is 15.3 Å². The second-order valence-electron chi connectivity index (χ2n) is 7.34. The van der Waals surface area contributed by atoms with E-state index >= 15 is 0 Å². The van der Waals surface area contributed by atoms with E-state index in [4.69, 9.17) is 0 Å². The van der Waals surface area contributed by atoms with Crippen LogP contribution in [0.3, 0.4) is 0 Å². The smallest absolute Gasteiger partial charge is 0.0908 e. The maximum atomic E-state index is 10.7. The Morgan fingerprint density at radius 3 is 2.39 bits per heavy atom. The zero-order chi connectivity index (χ0) is 13.1. The van der Waals surface area contributed by atoms with E-state index in [0.29, 0.717) is 30.1 Å². The fraction of sp³-hybridized carbons (Fsp3) is 1.00. The van der Waals surface area contributed by atoms with Crippen LogP contribution >= 0.6 is 0 Å². The predicted molar refractivity (Wildman–Crippen MR) is 68.8 cm³/mol. The number of rotatable bonds is 2. The van der Waals surface area contributed by atoms with Crippen molar-refractivity contribution >= 4 is 0 Å². The van der Waals surface area contributed by atoms with Crippen LogP contribution in [-0.2, 0) is 0 Å². The molecule has 7 atom stereocenters. The van der Waals surface area contributed by atoms with Gasteiger partial charge in [-0.1, -0.05) is 20.3 Å². The highest BCUT2D eigenvalue weighted by molar-refractivity contribution is 5.17. The number of aliphatic hydroxyl groups excluding tert-OH is 2. The third kappa shape index (κ3) is 1.47. The average molecular weight is 254 g/mol. The van der Waals surface area contributed by atoms with Crippen molar-refractivity contribution in [2.24, 2.45) is 35.0 Å². The van der Waals surface area contributed by atoms with E-state index in [1.54, 1.807) is 0 Å². The van der Waals surface area contributed by atoms with Gasteiger partial charge in [0.1, 0.15) is 0 Å². The summed E-state index contributed by atoms with van der Waals surface area (Å²) in [5.74, 6) is 2.46. The first-order valence-electron chi connectivity index (χ1n) is 7.42. The third-order valence-electron chi connectivity index (χ3n) is 6.60. The van der Waals surface area contributed by atoms with Crippen LogP contribution in [0.15, 0.2) is 0 Å². The Morgan fingerprint density at radius 1 is 1.06 bits per heavy atom. The molecule has 0 aromatic heterocycles. The van der Waals surface area contributed by atoms with E-state index < -0.39 is 5.60 Å². The highest BCUT2D eigenvalue weighted by atomic mass is 16.3. The summed E-state index contributed by atoms with van der Waals surface area (Å²) in [7, 11) is 0. The Bertz CT molecular complexity index is 345. The van der Waals surface area contributed by atoms with Crippen LogP contribution < -0.4 is 0 Å². The minimum atomic E-state index is -0.862. The molecule has 0 aliphatic heterocycles. The quantitative estimate of drug-likeness (QED) is 0.698. The molecule has 18 heavy (non-hydrogen) atoms. The van der Waals surface area contributed by atoms with E-state index in [1.807, 2.05) is 0 Å². The van der Waals surface area contributed by atoms with Gasteiger partial charge in [-0.15, -0.1) is 0 Å². The summed E-state index contributed by atoms with van der Waals surface area (Å²) in [5.41, 5.74) is -0.780. The average Bonchev–Trinajstić information content (AvgIpc) is 2.82. The SMILES string of the molecule is C[C@@H]1CC[C@H]2[C@@H]1[C@H]1[C@@H](CC[C@]2(O)CO)[C@@]1(C)CO. The van der Waals surface area contributed by atoms with Gasteiger partial charge in [0.15, 0.2) is 0 Å². The van der Waals surface area contributed by atoms with Crippen molar-refractivity contribution in [3.8, 4) is 0 Å². The summed E-state index contributed by atoms with van der Waals surface area (Å²) in [4.78, 5) is 0. The van der Waals surface area contributed by atoms with E-state index in [2.05, 4.69) is 13.8 Å². The molecule has 3 aliphatic rings. The van der Waals surface area contributed by atoms with Crippen LogP contribution in [0.25, 0.3) is 0 Å². The van der Waals surface area contributed by atoms with Crippen molar-refractivity contribution in [3.05, 3.63) is 0 Å². The maximum Gasteiger partial charge on any atom is 0.0908 e. The molecule has 3 saturated carbocycles. The largest absolute Gasteiger partial charge is 0.396 e. The van der Waals surface area contributed by atoms with Gasteiger partial charge in [0.2, 0.25) is 0 Å². The number of hydrogen-bond acceptors (Lipinski definition) is 3. The molecule has 0 unspecified atom stereocenters. The number of fused-ring (bicyclic) bond motifs is 3. The fourth-order valence-corrected chi connectivity index (χ4v) is 5.38. The molecule has 3 rings (SSSR count). The molecular weight excluding hydrogens is 228 g/mol. The summed E-state index contributed by atoms with van der Waals surface area (Å²) >= 11 is 0. The molecule has 3 nitrogen and oxygen atoms in total. The molecule has 3 N–H and O–H groups in total. The van der Waals surface area contributed by atoms with Gasteiger partial charge in [-0.05, 0) is 54.3 Å². The normalized spacial score (nSPS) is 58.8. The predicted octanol–water partition coefficient (Wildman–Crippen LogP) is 1.41. The molecule has 0 radical (unpaired) electrons. The Morgan fingerprint density at radius 2 is 1.78 bits per heavy atom. The molecule has 0 spiro atoms. The molecule has 0 saturated heterocycles. The minimum absolute atomic E-state index is 0.0816. The monoisotopic (exact) mass is 254 g/mol. The van der Waals surface area contributed by atoms with Crippen molar-refractivity contribution in [2.75, 3.05) is 13.2 Å². The van der Waals surface area contributed by atoms with Gasteiger partial charge in [-0.2, -0.15) is 0 Å². The minimum Gasteiger partial charge on any atom is -0.396 e. The van der Waals surface area contributed by atoms with Gasteiger partial charge in [0.05, 0.1) is 12.2 Å². The molecule has 0 bridgehead atoms. The Balaban J connectivity index is 1.93. The molecular formula is C15H26O3. The lowest BCUT2D eigenvalue weighted by Crippen LogP contribution is -2.44. The topological polar surface area (TPSA) is 60.7 Å². The summed E-state index contributed by atoms with van der Waals surface area (Å²) in [6, 6.07) is 0. The Labute approximate surface area is 109 Å². The van der Waals surface area contributed by atoms with Crippen LogP contribution in [0, 0.1) is 35.0 Å². The highest BCUT2D eigenvalue weighted by Gasteiger charge is 2.69. The summed E-state index contributed by atoms with van der Waals surface area (Å²) < 4.78 is 0. The first-order valence-corrected chi connectivity index (χ1v) is 7.42. The number of aliphatic hydroxyl groups is 3. The lowest BCUT2D eigenvalue weighted by atomic mass is 9.74. The van der Waals surface area contributed by atoms with Gasteiger partial charge in [0, 0.05) is 6.61 Å². The molecule has 3 heteroatoms. The summed E-state index contributed by atoms with van der Waals surface area (Å²) in [6.07, 6.45) is 3.85. The number of hydrogen-bond donors (Lipinski definition) is 3. The molecule has 0 amide bonds. The van der Waals surface area contributed by atoms with E-state index in [0.717, 1.165) is 19.3 Å². The highest BCUT2D eigenvalue weighted by Crippen LogP contribution is 2.71. The lowest BCUT2D eigenvalue weighted by Gasteiger charge is -2.37. The first kappa shape index (κ1) is 12.9. The molecule has 0 aromatic rings. The van der Waals surface area contributed by atoms with Gasteiger partial charge >= 0.3 is 0 Å². The summed E-state index contributed by atoms with van der Waals surface area (Å²) in [6.45, 7) is 4.65. The second kappa shape index (κ2) is 3.94. The fourth-order valence-electron chi connectivity index (χ4n) is 5.38. The van der Waals surface area contributed by atoms with E-state index in [1.165, 1.54) is 0 Å². The molecule has 0 heterocycles. The molecule has 3 fully saturated rings. The lowest BCUT2D eigenvalue weighted by molar-refractivity contribution is -0.0843. The van der Waals surface area contributed by atoms with Crippen LogP contribution in [0.2, 0.25) is 0 Å². The zero-order valence-electron chi connectivity index (χ0n) is 11.5. The van der Waals surface area contributed by atoms with Crippen molar-refractivity contribution in [1.29, 1.82) is 0 Å². The standard InChI is InChI=1S/C15H26O3/c1-9-3-4-10-12(9)13-11(14(13,2)7-16)5-6-15(10,18)8-17/h9-13,16-18H,3-8H2,1-2H3/t9-,10+,11-,12-,13-,14-,15+/m1/s1. The van der Waals surface area contributed by atoms with E-state index in [-0.39, 0.29) is 24.5 Å². The van der Waals surface area contributed by atoms with Crippen LogP contribution in [0.1, 0.15) is 39.5 Å². The van der Waals surface area contributed by atoms with Gasteiger partial charge in [-0.25, -0.2) is 0 Å². The van der Waals surface area contributed by atoms with Crippen molar-refractivity contribution in [2.45, 2.75) is 45.1 Å². The zero-order valence-corrected chi connectivity index (χ0v) is 11.5. The van der Waals surface area contributed by atoms with Crippen molar-refractivity contribution in [3.63, 3.8) is 0 Å². The first-order chi connectivity index (χ1) is 8.48. The third-order valence-corrected chi connectivity index (χ3v) is 6.60.